The summed E-state index contributed by atoms with van der Waals surface area (Å²) in [6, 6.07) is 17.2. The van der Waals surface area contributed by atoms with Crippen LogP contribution in [0.1, 0.15) is 50.3 Å². The van der Waals surface area contributed by atoms with Crippen molar-refractivity contribution in [3.63, 3.8) is 0 Å². The van der Waals surface area contributed by atoms with Crippen molar-refractivity contribution in [2.75, 3.05) is 11.4 Å². The van der Waals surface area contributed by atoms with E-state index in [1.54, 1.807) is 6.08 Å². The van der Waals surface area contributed by atoms with Gasteiger partial charge in [-0.2, -0.15) is 0 Å². The Morgan fingerprint density at radius 1 is 1.00 bits per heavy atom. The number of amides is 1. The van der Waals surface area contributed by atoms with Gasteiger partial charge in [-0.05, 0) is 59.4 Å². The maximum Gasteiger partial charge on any atom is 0.244 e. The molecule has 4 heteroatoms. The largest absolute Gasteiger partial charge is 0.354 e. The first-order valence-electron chi connectivity index (χ1n) is 11.7. The standard InChI is InChI=1S/C26H24N2O2.C2H6/c1-15-25-20-9-5-3-7-17(20)11-22(25)26-21(19-13-24(29)27-14-19)12-18-8-4-6-10-23(18)28(26)16(2)30-15;1-2/h3-11,13,15-16,25H,12,14H2,1-2H3,(H,27,29);1-2H3/t15-,16?,25?;/m0./s1. The van der Waals surface area contributed by atoms with Gasteiger partial charge in [0.1, 0.15) is 6.23 Å². The average Bonchev–Trinajstić information content (AvgIpc) is 3.39. The van der Waals surface area contributed by atoms with Crippen LogP contribution in [0.15, 0.2) is 77.0 Å². The van der Waals surface area contributed by atoms with E-state index in [1.165, 1.54) is 39.2 Å². The van der Waals surface area contributed by atoms with Crippen LogP contribution < -0.4 is 10.2 Å². The Hall–Kier alpha value is -3.11. The first kappa shape index (κ1) is 20.8. The van der Waals surface area contributed by atoms with Crippen molar-refractivity contribution in [1.29, 1.82) is 0 Å². The number of carbonyl (C=O) groups excluding carboxylic acids is 1. The molecular formula is C28H30N2O2. The third kappa shape index (κ3) is 3.13. The van der Waals surface area contributed by atoms with Gasteiger partial charge in [-0.25, -0.2) is 0 Å². The van der Waals surface area contributed by atoms with Gasteiger partial charge in [0.15, 0.2) is 0 Å². The Kier molecular flexibility index (Phi) is 5.26. The molecule has 2 aromatic rings. The van der Waals surface area contributed by atoms with E-state index in [0.717, 1.165) is 12.0 Å². The highest BCUT2D eigenvalue weighted by atomic mass is 16.5. The third-order valence-corrected chi connectivity index (χ3v) is 6.79. The Bertz CT molecular complexity index is 1170. The number of carbonyl (C=O) groups is 1. The fourth-order valence-electron chi connectivity index (χ4n) is 5.55. The number of nitrogens with zero attached hydrogens (tertiary/aromatic N) is 1. The van der Waals surface area contributed by atoms with E-state index in [-0.39, 0.29) is 24.2 Å². The highest BCUT2D eigenvalue weighted by Gasteiger charge is 2.43. The molecule has 6 rings (SSSR count). The van der Waals surface area contributed by atoms with Gasteiger partial charge in [0.05, 0.1) is 11.8 Å². The summed E-state index contributed by atoms with van der Waals surface area (Å²) in [6.45, 7) is 8.90. The molecule has 3 atom stereocenters. The van der Waals surface area contributed by atoms with E-state index >= 15 is 0 Å². The van der Waals surface area contributed by atoms with E-state index in [1.807, 2.05) is 13.8 Å². The molecule has 164 valence electrons. The summed E-state index contributed by atoms with van der Waals surface area (Å²) in [5.41, 5.74) is 9.91. The zero-order chi connectivity index (χ0) is 22.4. The molecule has 32 heavy (non-hydrogen) atoms. The Morgan fingerprint density at radius 3 is 2.53 bits per heavy atom. The molecule has 0 spiro atoms. The first-order valence-corrected chi connectivity index (χ1v) is 11.7. The topological polar surface area (TPSA) is 41.6 Å². The Morgan fingerprint density at radius 2 is 1.75 bits per heavy atom. The van der Waals surface area contributed by atoms with Crippen molar-refractivity contribution in [1.82, 2.24) is 5.32 Å². The number of hydrogen-bond donors (Lipinski definition) is 1. The monoisotopic (exact) mass is 426 g/mol. The number of allylic oxidation sites excluding steroid dienone is 1. The van der Waals surface area contributed by atoms with Crippen molar-refractivity contribution in [2.45, 2.75) is 52.4 Å². The minimum Gasteiger partial charge on any atom is -0.354 e. The van der Waals surface area contributed by atoms with Crippen molar-refractivity contribution in [3.05, 3.63) is 93.7 Å². The molecular weight excluding hydrogens is 396 g/mol. The molecule has 3 heterocycles. The summed E-state index contributed by atoms with van der Waals surface area (Å²) in [5, 5.41) is 2.96. The Labute approximate surface area is 190 Å². The molecule has 1 fully saturated rings. The number of hydrogen-bond acceptors (Lipinski definition) is 3. The number of nitrogens with one attached hydrogen (secondary N) is 1. The van der Waals surface area contributed by atoms with Gasteiger partial charge in [0.25, 0.3) is 0 Å². The summed E-state index contributed by atoms with van der Waals surface area (Å²) >= 11 is 0. The molecule has 1 amide bonds. The Balaban J connectivity index is 0.00000105. The van der Waals surface area contributed by atoms with E-state index < -0.39 is 0 Å². The van der Waals surface area contributed by atoms with Crippen molar-refractivity contribution in [3.8, 4) is 0 Å². The zero-order valence-corrected chi connectivity index (χ0v) is 19.2. The highest BCUT2D eigenvalue weighted by molar-refractivity contribution is 5.93. The average molecular weight is 427 g/mol. The molecule has 0 saturated carbocycles. The van der Waals surface area contributed by atoms with Gasteiger partial charge < -0.3 is 15.0 Å². The van der Waals surface area contributed by atoms with Gasteiger partial charge >= 0.3 is 0 Å². The minimum absolute atomic E-state index is 0.00460. The smallest absolute Gasteiger partial charge is 0.244 e. The molecule has 2 unspecified atom stereocenters. The van der Waals surface area contributed by atoms with Crippen LogP contribution in [0.2, 0.25) is 0 Å². The van der Waals surface area contributed by atoms with Crippen molar-refractivity contribution < 1.29 is 9.53 Å². The van der Waals surface area contributed by atoms with E-state index in [2.05, 4.69) is 78.7 Å². The van der Waals surface area contributed by atoms with Gasteiger partial charge in [0, 0.05) is 30.6 Å². The maximum absolute atomic E-state index is 12.0. The molecule has 0 aromatic heterocycles. The normalized spacial score (nSPS) is 25.3. The molecule has 0 radical (unpaired) electrons. The van der Waals surface area contributed by atoms with Crippen LogP contribution in [-0.4, -0.2) is 24.8 Å². The number of fused-ring (bicyclic) bond motifs is 7. The second-order valence-electron chi connectivity index (χ2n) is 8.54. The lowest BCUT2D eigenvalue weighted by molar-refractivity contribution is -0.115. The van der Waals surface area contributed by atoms with E-state index in [0.29, 0.717) is 6.54 Å². The fraction of sp³-hybridized carbons (Fsp3) is 0.321. The van der Waals surface area contributed by atoms with Gasteiger partial charge in [-0.1, -0.05) is 56.3 Å². The van der Waals surface area contributed by atoms with Crippen LogP contribution in [0.25, 0.3) is 6.08 Å². The van der Waals surface area contributed by atoms with Crippen LogP contribution >= 0.6 is 0 Å². The molecule has 4 aliphatic rings. The summed E-state index contributed by atoms with van der Waals surface area (Å²) in [5.74, 6) is 0.185. The second kappa shape index (κ2) is 8.10. The van der Waals surface area contributed by atoms with Crippen LogP contribution in [0.3, 0.4) is 0 Å². The van der Waals surface area contributed by atoms with Crippen LogP contribution in [-0.2, 0) is 16.0 Å². The summed E-state index contributed by atoms with van der Waals surface area (Å²) in [4.78, 5) is 14.4. The zero-order valence-electron chi connectivity index (χ0n) is 19.2. The molecule has 2 aromatic carbocycles. The van der Waals surface area contributed by atoms with Gasteiger partial charge in [0.2, 0.25) is 5.91 Å². The van der Waals surface area contributed by atoms with Crippen LogP contribution in [0.4, 0.5) is 5.69 Å². The first-order chi connectivity index (χ1) is 15.6. The second-order valence-corrected chi connectivity index (χ2v) is 8.54. The molecule has 1 saturated heterocycles. The van der Waals surface area contributed by atoms with Gasteiger partial charge in [-0.3, -0.25) is 4.79 Å². The number of ether oxygens (including phenoxy) is 1. The SMILES string of the molecule is CC.CC1O[C@@H](C)C2C(=Cc3ccccc32)C2=C(C3=CC(=O)NC3)Cc3ccccc3N21. The number of anilines is 1. The molecule has 1 aliphatic carbocycles. The van der Waals surface area contributed by atoms with E-state index in [9.17, 15) is 4.79 Å². The predicted octanol–water partition coefficient (Wildman–Crippen LogP) is 5.33. The van der Waals surface area contributed by atoms with E-state index in [4.69, 9.17) is 4.74 Å². The number of rotatable bonds is 1. The molecule has 4 nitrogen and oxygen atoms in total. The van der Waals surface area contributed by atoms with Crippen LogP contribution in [0, 0.1) is 0 Å². The predicted molar refractivity (Wildman–Crippen MR) is 129 cm³/mol. The fourth-order valence-corrected chi connectivity index (χ4v) is 5.55. The highest BCUT2D eigenvalue weighted by Crippen LogP contribution is 2.51. The molecule has 1 N–H and O–H groups in total. The van der Waals surface area contributed by atoms with Crippen molar-refractivity contribution >= 4 is 17.7 Å². The number of benzene rings is 2. The molecule has 0 bridgehead atoms. The quantitative estimate of drug-likeness (QED) is 0.670. The summed E-state index contributed by atoms with van der Waals surface area (Å²) in [7, 11) is 0. The van der Waals surface area contributed by atoms with Crippen LogP contribution in [0.5, 0.6) is 0 Å². The summed E-state index contributed by atoms with van der Waals surface area (Å²) in [6.07, 6.45) is 4.88. The lowest BCUT2D eigenvalue weighted by Gasteiger charge is -2.38. The molecule has 3 aliphatic heterocycles. The third-order valence-electron chi connectivity index (χ3n) is 6.79. The lowest BCUT2D eigenvalue weighted by atomic mass is 9.83. The minimum atomic E-state index is -0.101. The number of para-hydroxylation sites is 1. The maximum atomic E-state index is 12.0. The van der Waals surface area contributed by atoms with Gasteiger partial charge in [-0.15, -0.1) is 0 Å². The lowest BCUT2D eigenvalue weighted by Crippen LogP contribution is -2.38. The summed E-state index contributed by atoms with van der Waals surface area (Å²) < 4.78 is 6.59. The van der Waals surface area contributed by atoms with Crippen molar-refractivity contribution in [2.24, 2.45) is 0 Å².